The molecule has 0 saturated carbocycles. The van der Waals surface area contributed by atoms with Crippen molar-refractivity contribution in [3.05, 3.63) is 59.5 Å². The third-order valence-corrected chi connectivity index (χ3v) is 5.06. The number of aliphatic hydroxyl groups excluding tert-OH is 1. The minimum atomic E-state index is -0.738. The van der Waals surface area contributed by atoms with Crippen molar-refractivity contribution in [1.82, 2.24) is 10.1 Å². The Morgan fingerprint density at radius 1 is 1.21 bits per heavy atom. The molecule has 0 radical (unpaired) electrons. The molecule has 3 aromatic rings. The molecule has 172 valence electrons. The van der Waals surface area contributed by atoms with Crippen LogP contribution in [0.1, 0.15) is 23.9 Å². The lowest BCUT2D eigenvalue weighted by molar-refractivity contribution is 0.183. The highest BCUT2D eigenvalue weighted by Gasteiger charge is 2.17. The zero-order valence-corrected chi connectivity index (χ0v) is 19.5. The molecule has 3 rings (SSSR count). The van der Waals surface area contributed by atoms with Crippen LogP contribution >= 0.6 is 11.8 Å². The zero-order valence-electron chi connectivity index (χ0n) is 18.7. The molecule has 0 bridgehead atoms. The normalized spacial score (nSPS) is 12.0. The van der Waals surface area contributed by atoms with E-state index in [9.17, 15) is 9.90 Å². The molecule has 1 heterocycles. The lowest BCUT2D eigenvalue weighted by atomic mass is 10.1. The van der Waals surface area contributed by atoms with E-state index in [0.29, 0.717) is 51.6 Å². The highest BCUT2D eigenvalue weighted by atomic mass is 32.2. The molecule has 0 aliphatic carbocycles. The first kappa shape index (κ1) is 24.1. The van der Waals surface area contributed by atoms with Gasteiger partial charge in [-0.1, -0.05) is 5.16 Å². The van der Waals surface area contributed by atoms with Crippen LogP contribution in [0.4, 0.5) is 10.5 Å². The van der Waals surface area contributed by atoms with Gasteiger partial charge in [-0.15, -0.1) is 11.8 Å². The number of ether oxygens (including phenoxy) is 2. The fourth-order valence-electron chi connectivity index (χ4n) is 2.93. The summed E-state index contributed by atoms with van der Waals surface area (Å²) in [5, 5.41) is 14.0. The van der Waals surface area contributed by atoms with E-state index in [-0.39, 0.29) is 6.61 Å². The largest absolute Gasteiger partial charge is 0.494 e. The van der Waals surface area contributed by atoms with Gasteiger partial charge in [-0.05, 0) is 61.2 Å². The Hall–Kier alpha value is -3.50. The molecule has 1 N–H and O–H groups in total. The van der Waals surface area contributed by atoms with Crippen LogP contribution in [0.3, 0.4) is 0 Å². The minimum absolute atomic E-state index is 0.178. The molecule has 0 unspecified atom stereocenters. The molecule has 10 heteroatoms. The Morgan fingerprint density at radius 2 is 1.97 bits per heavy atom. The van der Waals surface area contributed by atoms with Gasteiger partial charge < -0.3 is 19.1 Å². The summed E-state index contributed by atoms with van der Waals surface area (Å²) in [6, 6.07) is 12.6. The Morgan fingerprint density at radius 3 is 2.55 bits per heavy atom. The number of aliphatic hydroxyl groups is 1. The molecular formula is C23H24N4O5S. The van der Waals surface area contributed by atoms with Gasteiger partial charge in [-0.2, -0.15) is 9.98 Å². The van der Waals surface area contributed by atoms with Crippen molar-refractivity contribution < 1.29 is 23.9 Å². The predicted octanol–water partition coefficient (Wildman–Crippen LogP) is 4.58. The van der Waals surface area contributed by atoms with Crippen molar-refractivity contribution in [2.75, 3.05) is 20.0 Å². The van der Waals surface area contributed by atoms with Crippen LogP contribution in [-0.2, 0) is 11.3 Å². The van der Waals surface area contributed by atoms with E-state index in [1.807, 2.05) is 19.1 Å². The van der Waals surface area contributed by atoms with Crippen LogP contribution in [0, 0.1) is 6.92 Å². The third-order valence-electron chi connectivity index (χ3n) is 4.39. The summed E-state index contributed by atoms with van der Waals surface area (Å²) in [5.41, 5.74) is 3.12. The first-order chi connectivity index (χ1) is 16.0. The molecule has 9 nitrogen and oxygen atoms in total. The number of methoxy groups -OCH3 is 1. The number of rotatable bonds is 7. The molecule has 0 aliphatic rings. The number of nitrogens with zero attached hydrogens (tertiary/aromatic N) is 4. The summed E-state index contributed by atoms with van der Waals surface area (Å²) in [4.78, 5) is 24.9. The number of amides is 1. The van der Waals surface area contributed by atoms with Crippen molar-refractivity contribution in [3.63, 3.8) is 0 Å². The number of aryl methyl sites for hydroxylation is 1. The number of thioether (sulfide) groups is 1. The van der Waals surface area contributed by atoms with E-state index >= 15 is 0 Å². The Balaban J connectivity index is 2.11. The molecule has 0 spiro atoms. The second-order valence-corrected chi connectivity index (χ2v) is 7.49. The average Bonchev–Trinajstić information content (AvgIpc) is 3.27. The van der Waals surface area contributed by atoms with Gasteiger partial charge >= 0.3 is 6.09 Å². The van der Waals surface area contributed by atoms with Crippen LogP contribution in [0.5, 0.6) is 5.75 Å². The van der Waals surface area contributed by atoms with Crippen molar-refractivity contribution in [2.45, 2.75) is 20.5 Å². The van der Waals surface area contributed by atoms with E-state index in [4.69, 9.17) is 19.0 Å². The van der Waals surface area contributed by atoms with Gasteiger partial charge in [0, 0.05) is 18.1 Å². The fraction of sp³-hybridized carbons (Fsp3) is 0.261. The van der Waals surface area contributed by atoms with Crippen LogP contribution in [0.2, 0.25) is 0 Å². The van der Waals surface area contributed by atoms with Gasteiger partial charge in [0.05, 0.1) is 26.0 Å². The van der Waals surface area contributed by atoms with Crippen LogP contribution < -0.4 is 4.74 Å². The quantitative estimate of drug-likeness (QED) is 0.395. The topological polar surface area (TPSA) is 119 Å². The molecule has 1 amide bonds. The van der Waals surface area contributed by atoms with E-state index < -0.39 is 6.09 Å². The Bertz CT molecular complexity index is 1170. The SMILES string of the molecule is CCOc1cc(CO)cc(C(=Nc2ccc(-c3noc(C)n3)cc2)C(=NC(=O)OC)SC)c1. The maximum absolute atomic E-state index is 11.9. The molecule has 0 aliphatic heterocycles. The molecular weight excluding hydrogens is 444 g/mol. The lowest BCUT2D eigenvalue weighted by Gasteiger charge is -2.12. The standard InChI is InChI=1S/C23H24N4O5S/c1-5-31-19-11-15(13-28)10-17(12-19)20(22(33-4)26-23(29)30-3)25-18-8-6-16(7-9-18)21-24-14(2)32-27-21/h6-12,28H,5,13H2,1-4H3. The monoisotopic (exact) mass is 468 g/mol. The zero-order chi connectivity index (χ0) is 23.8. The van der Waals surface area contributed by atoms with E-state index in [1.54, 1.807) is 43.5 Å². The van der Waals surface area contributed by atoms with Gasteiger partial charge in [0.25, 0.3) is 0 Å². The maximum atomic E-state index is 11.9. The first-order valence-electron chi connectivity index (χ1n) is 10.1. The van der Waals surface area contributed by atoms with Crippen molar-refractivity contribution in [2.24, 2.45) is 9.98 Å². The van der Waals surface area contributed by atoms with Gasteiger partial charge in [0.2, 0.25) is 11.7 Å². The second kappa shape index (κ2) is 11.4. The van der Waals surface area contributed by atoms with Gasteiger partial charge in [0.1, 0.15) is 16.5 Å². The number of carbonyl (C=O) groups excluding carboxylic acids is 1. The second-order valence-electron chi connectivity index (χ2n) is 6.69. The van der Waals surface area contributed by atoms with Gasteiger partial charge in [-0.3, -0.25) is 0 Å². The number of aromatic nitrogens is 2. The van der Waals surface area contributed by atoms with Crippen LogP contribution in [-0.4, -0.2) is 52.1 Å². The molecule has 0 atom stereocenters. The van der Waals surface area contributed by atoms with E-state index in [0.717, 1.165) is 5.56 Å². The molecule has 2 aromatic carbocycles. The van der Waals surface area contributed by atoms with E-state index in [1.165, 1.54) is 18.9 Å². The van der Waals surface area contributed by atoms with Crippen molar-refractivity contribution in [3.8, 4) is 17.1 Å². The summed E-state index contributed by atoms with van der Waals surface area (Å²) in [5.74, 6) is 1.54. The predicted molar refractivity (Wildman–Crippen MR) is 128 cm³/mol. The number of aliphatic imine (C=N–C) groups is 2. The lowest BCUT2D eigenvalue weighted by Crippen LogP contribution is -2.15. The number of hydrogen-bond donors (Lipinski definition) is 1. The molecule has 1 aromatic heterocycles. The number of hydrogen-bond acceptors (Lipinski definition) is 9. The van der Waals surface area contributed by atoms with Crippen LogP contribution in [0.15, 0.2) is 57.0 Å². The van der Waals surface area contributed by atoms with Crippen molar-refractivity contribution >= 4 is 34.3 Å². The third kappa shape index (κ3) is 6.27. The Labute approximate surface area is 195 Å². The summed E-state index contributed by atoms with van der Waals surface area (Å²) in [7, 11) is 1.26. The summed E-state index contributed by atoms with van der Waals surface area (Å²) < 4.78 is 15.4. The van der Waals surface area contributed by atoms with Crippen molar-refractivity contribution in [1.29, 1.82) is 0 Å². The summed E-state index contributed by atoms with van der Waals surface area (Å²) in [6.45, 7) is 3.88. The minimum Gasteiger partial charge on any atom is -0.494 e. The van der Waals surface area contributed by atoms with Crippen LogP contribution in [0.25, 0.3) is 11.4 Å². The maximum Gasteiger partial charge on any atom is 0.434 e. The highest BCUT2D eigenvalue weighted by Crippen LogP contribution is 2.25. The summed E-state index contributed by atoms with van der Waals surface area (Å²) >= 11 is 1.25. The summed E-state index contributed by atoms with van der Waals surface area (Å²) in [6.07, 6.45) is 1.05. The molecule has 33 heavy (non-hydrogen) atoms. The van der Waals surface area contributed by atoms with Gasteiger partial charge in [0.15, 0.2) is 0 Å². The number of benzene rings is 2. The molecule has 0 fully saturated rings. The average molecular weight is 469 g/mol. The number of carbonyl (C=O) groups is 1. The van der Waals surface area contributed by atoms with Gasteiger partial charge in [-0.25, -0.2) is 9.79 Å². The highest BCUT2D eigenvalue weighted by molar-refractivity contribution is 8.15. The fourth-order valence-corrected chi connectivity index (χ4v) is 3.45. The smallest absolute Gasteiger partial charge is 0.434 e. The molecule has 0 saturated heterocycles. The first-order valence-corrected chi connectivity index (χ1v) is 11.3. The Kier molecular flexibility index (Phi) is 8.34. The van der Waals surface area contributed by atoms with E-state index in [2.05, 4.69) is 15.1 Å².